The van der Waals surface area contributed by atoms with E-state index in [2.05, 4.69) is 18.3 Å². The van der Waals surface area contributed by atoms with E-state index in [1.165, 1.54) is 0 Å². The van der Waals surface area contributed by atoms with Crippen molar-refractivity contribution in [2.24, 2.45) is 5.41 Å². The summed E-state index contributed by atoms with van der Waals surface area (Å²) >= 11 is 0. The van der Waals surface area contributed by atoms with Crippen molar-refractivity contribution in [1.29, 1.82) is 5.26 Å². The maximum atomic E-state index is 13.2. The molecule has 4 fully saturated rings. The van der Waals surface area contributed by atoms with Gasteiger partial charge in [-0.15, -0.1) is 0 Å². The second-order valence-corrected chi connectivity index (χ2v) is 11.8. The number of benzene rings is 1. The summed E-state index contributed by atoms with van der Waals surface area (Å²) in [5.41, 5.74) is -0.594. The van der Waals surface area contributed by atoms with Gasteiger partial charge in [-0.05, 0) is 56.1 Å². The first-order valence-corrected chi connectivity index (χ1v) is 12.3. The quantitative estimate of drug-likeness (QED) is 0.694. The molecular formula is C22H27N3O4S. The second kappa shape index (κ2) is 6.78. The van der Waals surface area contributed by atoms with Gasteiger partial charge >= 0.3 is 0 Å². The van der Waals surface area contributed by atoms with Crippen LogP contribution in [-0.2, 0) is 19.4 Å². The van der Waals surface area contributed by atoms with Gasteiger partial charge in [-0.25, -0.2) is 8.42 Å². The molecule has 30 heavy (non-hydrogen) atoms. The lowest BCUT2D eigenvalue weighted by molar-refractivity contribution is -0.129. The number of hydrogen-bond acceptors (Lipinski definition) is 6. The lowest BCUT2D eigenvalue weighted by Crippen LogP contribution is -2.57. The number of nitriles is 1. The minimum absolute atomic E-state index is 0.0526. The molecule has 2 aliphatic heterocycles. The third kappa shape index (κ3) is 3.43. The smallest absolute Gasteiger partial charge is 0.238 e. The number of epoxide rings is 1. The zero-order chi connectivity index (χ0) is 21.1. The van der Waals surface area contributed by atoms with E-state index in [0.29, 0.717) is 30.6 Å². The highest BCUT2D eigenvalue weighted by Crippen LogP contribution is 2.57. The summed E-state index contributed by atoms with van der Waals surface area (Å²) in [7, 11) is -3.50. The average Bonchev–Trinajstić information content (AvgIpc) is 3.62. The van der Waals surface area contributed by atoms with Crippen LogP contribution in [-0.4, -0.2) is 54.9 Å². The van der Waals surface area contributed by atoms with Crippen LogP contribution in [0.15, 0.2) is 35.2 Å². The first-order valence-electron chi connectivity index (χ1n) is 10.7. The lowest BCUT2D eigenvalue weighted by Gasteiger charge is -2.38. The van der Waals surface area contributed by atoms with Crippen molar-refractivity contribution in [2.75, 3.05) is 6.54 Å². The molecule has 0 aromatic heterocycles. The van der Waals surface area contributed by atoms with Crippen LogP contribution in [0.1, 0.15) is 45.4 Å². The summed E-state index contributed by atoms with van der Waals surface area (Å²) in [5.74, 6) is -0.181. The number of amides is 1. The van der Waals surface area contributed by atoms with E-state index < -0.39 is 26.7 Å². The van der Waals surface area contributed by atoms with Crippen molar-refractivity contribution in [3.8, 4) is 6.07 Å². The van der Waals surface area contributed by atoms with Crippen molar-refractivity contribution in [2.45, 2.75) is 79.5 Å². The van der Waals surface area contributed by atoms with E-state index in [4.69, 9.17) is 4.74 Å². The Kier molecular flexibility index (Phi) is 4.51. The van der Waals surface area contributed by atoms with E-state index in [-0.39, 0.29) is 30.2 Å². The van der Waals surface area contributed by atoms with Gasteiger partial charge in [0.1, 0.15) is 17.9 Å². The van der Waals surface area contributed by atoms with Gasteiger partial charge in [-0.2, -0.15) is 5.26 Å². The Bertz CT molecular complexity index is 995. The highest BCUT2D eigenvalue weighted by atomic mass is 32.2. The molecule has 0 radical (unpaired) electrons. The summed E-state index contributed by atoms with van der Waals surface area (Å²) in [6.07, 6.45) is 4.23. The fourth-order valence-electron chi connectivity index (χ4n) is 4.64. The topological polar surface area (TPSA) is 103 Å². The van der Waals surface area contributed by atoms with Crippen LogP contribution in [0, 0.1) is 16.7 Å². The summed E-state index contributed by atoms with van der Waals surface area (Å²) in [6.45, 7) is 2.45. The van der Waals surface area contributed by atoms with Crippen molar-refractivity contribution in [1.82, 2.24) is 10.2 Å². The molecule has 4 atom stereocenters. The van der Waals surface area contributed by atoms with Crippen molar-refractivity contribution >= 4 is 15.7 Å². The molecule has 1 amide bonds. The molecule has 4 aliphatic rings. The molecule has 1 N–H and O–H groups in total. The zero-order valence-corrected chi connectivity index (χ0v) is 17.9. The normalized spacial score (nSPS) is 33.9. The van der Waals surface area contributed by atoms with Crippen molar-refractivity contribution < 1.29 is 17.9 Å². The van der Waals surface area contributed by atoms with E-state index in [0.717, 1.165) is 12.8 Å². The Morgan fingerprint density at radius 3 is 2.50 bits per heavy atom. The molecule has 160 valence electrons. The number of likely N-dealkylation sites (tertiary alicyclic amines) is 1. The maximum Gasteiger partial charge on any atom is 0.238 e. The van der Waals surface area contributed by atoms with Crippen LogP contribution in [0.3, 0.4) is 0 Å². The van der Waals surface area contributed by atoms with E-state index in [9.17, 15) is 18.5 Å². The molecule has 5 rings (SSSR count). The number of carbonyl (C=O) groups is 1. The predicted octanol–water partition coefficient (Wildman–Crippen LogP) is 1.99. The Balaban J connectivity index is 1.37. The van der Waals surface area contributed by atoms with Gasteiger partial charge < -0.3 is 10.1 Å². The average molecular weight is 430 g/mol. The number of piperidine rings is 1. The molecule has 7 nitrogen and oxygen atoms in total. The predicted molar refractivity (Wildman–Crippen MR) is 109 cm³/mol. The largest absolute Gasteiger partial charge is 0.352 e. The second-order valence-electron chi connectivity index (χ2n) is 9.55. The van der Waals surface area contributed by atoms with Crippen molar-refractivity contribution in [3.05, 3.63) is 30.3 Å². The van der Waals surface area contributed by atoms with E-state index in [1.807, 2.05) is 4.90 Å². The number of hydrogen-bond donors (Lipinski definition) is 1. The third-order valence-corrected chi connectivity index (χ3v) is 9.43. The molecule has 2 unspecified atom stereocenters. The first-order chi connectivity index (χ1) is 14.3. The minimum Gasteiger partial charge on any atom is -0.352 e. The monoisotopic (exact) mass is 429 g/mol. The molecule has 1 aromatic rings. The van der Waals surface area contributed by atoms with Crippen LogP contribution in [0.25, 0.3) is 0 Å². The maximum absolute atomic E-state index is 13.2. The van der Waals surface area contributed by atoms with Gasteiger partial charge in [-0.3, -0.25) is 9.69 Å². The number of carbonyl (C=O) groups excluding carboxylic acids is 1. The van der Waals surface area contributed by atoms with Gasteiger partial charge in [0.25, 0.3) is 0 Å². The highest BCUT2D eigenvalue weighted by molar-refractivity contribution is 7.92. The van der Waals surface area contributed by atoms with E-state index >= 15 is 0 Å². The number of nitrogens with one attached hydrogen (secondary N) is 1. The van der Waals surface area contributed by atoms with Crippen LogP contribution >= 0.6 is 0 Å². The van der Waals surface area contributed by atoms with E-state index in [1.54, 1.807) is 30.3 Å². The van der Waals surface area contributed by atoms with Crippen LogP contribution < -0.4 is 5.32 Å². The number of ether oxygens (including phenoxy) is 1. The van der Waals surface area contributed by atoms with Gasteiger partial charge in [0, 0.05) is 6.54 Å². The summed E-state index contributed by atoms with van der Waals surface area (Å²) in [4.78, 5) is 15.3. The molecule has 2 heterocycles. The molecule has 0 spiro atoms. The van der Waals surface area contributed by atoms with Crippen LogP contribution in [0.5, 0.6) is 0 Å². The van der Waals surface area contributed by atoms with Crippen LogP contribution in [0.2, 0.25) is 0 Å². The molecule has 0 bridgehead atoms. The zero-order valence-electron chi connectivity index (χ0n) is 17.1. The van der Waals surface area contributed by atoms with Crippen LogP contribution in [0.4, 0.5) is 0 Å². The first kappa shape index (κ1) is 20.0. The van der Waals surface area contributed by atoms with Gasteiger partial charge in [0.2, 0.25) is 5.91 Å². The Morgan fingerprint density at radius 1 is 1.20 bits per heavy atom. The third-order valence-electron chi connectivity index (χ3n) is 7.24. The summed E-state index contributed by atoms with van der Waals surface area (Å²) in [5, 5.41) is 11.7. The summed E-state index contributed by atoms with van der Waals surface area (Å²) in [6, 6.07) is 10.3. The Labute approximate surface area is 177 Å². The molecule has 2 saturated heterocycles. The Morgan fingerprint density at radius 2 is 1.90 bits per heavy atom. The van der Waals surface area contributed by atoms with Gasteiger partial charge in [0.15, 0.2) is 9.84 Å². The molecular weight excluding hydrogens is 402 g/mol. The van der Waals surface area contributed by atoms with Crippen molar-refractivity contribution in [3.63, 3.8) is 0 Å². The fourth-order valence-corrected chi connectivity index (χ4v) is 6.37. The SMILES string of the molecule is CC1(C2OC2N2C[C@H](S(=O)(=O)c3ccccc3)CC[C@H]2C(=O)NC2(C#N)CC2)CC1. The van der Waals surface area contributed by atoms with Gasteiger partial charge in [-0.1, -0.05) is 25.1 Å². The highest BCUT2D eigenvalue weighted by Gasteiger charge is 2.62. The fraction of sp³-hybridized carbons (Fsp3) is 0.636. The molecule has 8 heteroatoms. The standard InChI is InChI=1S/C22H27N3O4S/c1-21(9-10-21)18-20(29-18)25-13-16(30(27,28)15-5-3-2-4-6-15)7-8-17(25)19(26)24-22(14-23)11-12-22/h2-6,16-18,20H,7-13H2,1H3,(H,24,26)/t16-,17+,18?,20?/m1/s1. The molecule has 2 aliphatic carbocycles. The lowest BCUT2D eigenvalue weighted by atomic mass is 9.98. The summed E-state index contributed by atoms with van der Waals surface area (Å²) < 4.78 is 32.4. The number of sulfone groups is 1. The van der Waals surface area contributed by atoms with Gasteiger partial charge in [0.05, 0.1) is 22.3 Å². The Hall–Kier alpha value is -1.95. The molecule has 2 saturated carbocycles. The number of nitrogens with zero attached hydrogens (tertiary/aromatic N) is 2. The molecule has 1 aromatic carbocycles. The number of rotatable bonds is 6. The minimum atomic E-state index is -3.50.